The topological polar surface area (TPSA) is 162 Å². The molecule has 0 aliphatic carbocycles. The minimum atomic E-state index is -0.750. The summed E-state index contributed by atoms with van der Waals surface area (Å²) < 4.78 is -0.750. The van der Waals surface area contributed by atoms with E-state index in [1.165, 1.54) is 0 Å². The Morgan fingerprint density at radius 1 is 0.161 bits per heavy atom. The zero-order valence-electron chi connectivity index (χ0n) is 64.5. The van der Waals surface area contributed by atoms with E-state index in [4.69, 9.17) is 34.8 Å². The van der Waals surface area contributed by atoms with E-state index < -0.39 is 4.30 Å². The van der Waals surface area contributed by atoms with Crippen molar-refractivity contribution in [1.29, 1.82) is 0 Å². The summed E-state index contributed by atoms with van der Waals surface area (Å²) >= 11 is 14.4. The fourth-order valence-corrected chi connectivity index (χ4v) is 12.6. The van der Waals surface area contributed by atoms with Gasteiger partial charge in [-0.3, -0.25) is 0 Å². The van der Waals surface area contributed by atoms with Gasteiger partial charge in [-0.2, -0.15) is 0 Å². The quantitative estimate of drug-likeness (QED) is 0.0842. The largest absolute Gasteiger partial charge is 1.00 e. The van der Waals surface area contributed by atoms with Crippen LogP contribution >= 0.6 is 34.8 Å². The second-order valence-electron chi connectivity index (χ2n) is 25.8. The molecule has 118 heavy (non-hydrogen) atoms. The monoisotopic (exact) mass is 2160 g/mol. The Balaban J connectivity index is 0.000000215. The molecule has 614 valence electrons. The molecule has 0 radical (unpaired) electrons. The minimum absolute atomic E-state index is 0. The van der Waals surface area contributed by atoms with Gasteiger partial charge in [0, 0.05) is 0 Å². The molecule has 6 aromatic heterocycles. The third-order valence-corrected chi connectivity index (χ3v) is 18.3. The molecule has 18 rings (SSSR count). The Kier molecular flexibility index (Phi) is 42.3. The number of hydrogen-bond acceptors (Lipinski definition) is 6. The second kappa shape index (κ2) is 51.0. The number of hydrogen-bond donors (Lipinski definition) is 0. The molecule has 12 nitrogen and oxygen atoms in total. The van der Waals surface area contributed by atoms with Crippen LogP contribution in [0.1, 0.15) is 33.4 Å². The molecule has 0 atom stereocenters. The van der Waals surface area contributed by atoms with E-state index in [2.05, 4.69) is 248 Å². The van der Waals surface area contributed by atoms with Gasteiger partial charge in [0.15, 0.2) is 4.30 Å². The van der Waals surface area contributed by atoms with Crippen LogP contribution in [-0.4, -0.2) is 34.9 Å². The third-order valence-electron chi connectivity index (χ3n) is 18.3. The van der Waals surface area contributed by atoms with Crippen LogP contribution in [0.5, 0.6) is 0 Å². The van der Waals surface area contributed by atoms with E-state index in [0.29, 0.717) is 0 Å². The molecule has 0 fully saturated rings. The Labute approximate surface area is 799 Å². The average Bonchev–Trinajstić information content (AvgIpc) is 1.71. The van der Waals surface area contributed by atoms with E-state index in [9.17, 15) is 0 Å². The zero-order chi connectivity index (χ0) is 77.8. The van der Waals surface area contributed by atoms with Crippen molar-refractivity contribution < 1.29 is 134 Å². The van der Waals surface area contributed by atoms with Gasteiger partial charge >= 0.3 is 134 Å². The fourth-order valence-electron chi connectivity index (χ4n) is 12.6. The van der Waals surface area contributed by atoms with Gasteiger partial charge in [-0.1, -0.05) is 399 Å². The first-order chi connectivity index (χ1) is 54.9. The molecule has 0 aliphatic heterocycles. The summed E-state index contributed by atoms with van der Waals surface area (Å²) in [5.41, 5.74) is 31.8. The van der Waals surface area contributed by atoms with E-state index >= 15 is 0 Å². The van der Waals surface area contributed by atoms with E-state index in [0.717, 1.165) is 168 Å². The molecule has 0 saturated carbocycles. The number of alkyl halides is 3. The van der Waals surface area contributed by atoms with Crippen LogP contribution in [0, 0.1) is 41.5 Å². The molecular weight excluding hydrogens is 2090 g/mol. The maximum Gasteiger partial charge on any atom is 1.00 e. The second-order valence-corrected chi connectivity index (χ2v) is 27.8. The molecule has 0 aliphatic rings. The molecule has 0 unspecified atom stereocenters. The molecule has 12 aromatic carbocycles. The van der Waals surface area contributed by atoms with Crippen LogP contribution in [0.25, 0.3) is 135 Å². The van der Waals surface area contributed by atoms with E-state index in [1.54, 1.807) is 0 Å². The van der Waals surface area contributed by atoms with Gasteiger partial charge < -0.3 is 61.2 Å². The van der Waals surface area contributed by atoms with Crippen LogP contribution < -0.4 is 30.6 Å². The Morgan fingerprint density at radius 2 is 0.246 bits per heavy atom. The molecule has 0 amide bonds. The summed E-state index contributed by atoms with van der Waals surface area (Å²) in [7, 11) is 0. The van der Waals surface area contributed by atoms with Gasteiger partial charge in [0.05, 0.1) is 34.2 Å². The Bertz CT molecular complexity index is 4530. The molecule has 0 bridgehead atoms. The minimum Gasteiger partial charge on any atom is -0.574 e. The maximum atomic E-state index is 4.81. The van der Waals surface area contributed by atoms with Gasteiger partial charge in [0.25, 0.3) is 0 Å². The molecule has 0 saturated heterocycles. The summed E-state index contributed by atoms with van der Waals surface area (Å²) in [5.74, 6) is 0. The maximum absolute atomic E-state index is 4.81. The van der Waals surface area contributed by atoms with Gasteiger partial charge in [0.1, 0.15) is 0 Å². The van der Waals surface area contributed by atoms with Crippen molar-refractivity contribution in [3.63, 3.8) is 0 Å². The van der Waals surface area contributed by atoms with Crippen LogP contribution in [0.15, 0.2) is 364 Å². The van der Waals surface area contributed by atoms with Crippen molar-refractivity contribution in [2.75, 3.05) is 0 Å². The molecule has 6 heterocycles. The van der Waals surface area contributed by atoms with Gasteiger partial charge in [-0.05, 0) is 142 Å². The SMILES string of the molecule is Cc1c(-c2ccccc2)n[n-]c1-c1ccccc1.Cc1c(-c2ccccc2)n[n-]c1-c1ccccc1.Cc1c(-c2ccccc2)n[n-]c1-c1ccccc1.Cc1c(-c2ccccc2)n[n-]c1-c1ccccc1.Cc1c(-c2ccccc2)n[n-]c1-c1ccccc1.Cc1c(-c2ccccc2)n[n-]c1-c1ccccc1.ClC(Cl)Cl.[Ag+].[Ag+].[Ag+].[Ag+].[Ag+].[Ag+]. The first kappa shape index (κ1) is 98.0. The summed E-state index contributed by atoms with van der Waals surface area (Å²) in [6.45, 7) is 12.4. The van der Waals surface area contributed by atoms with Gasteiger partial charge in [0.2, 0.25) is 0 Å². The number of halogens is 3. The summed E-state index contributed by atoms with van der Waals surface area (Å²) in [4.78, 5) is 0. The Morgan fingerprint density at radius 3 is 0.339 bits per heavy atom. The van der Waals surface area contributed by atoms with Gasteiger partial charge in [-0.15, -0.1) is 34.2 Å². The van der Waals surface area contributed by atoms with Crippen LogP contribution in [0.3, 0.4) is 0 Å². The smallest absolute Gasteiger partial charge is 0.574 e. The Hall–Kier alpha value is -8.79. The van der Waals surface area contributed by atoms with Crippen molar-refractivity contribution >= 4 is 34.8 Å². The van der Waals surface area contributed by atoms with Crippen molar-refractivity contribution in [1.82, 2.24) is 61.2 Å². The van der Waals surface area contributed by atoms with Crippen molar-refractivity contribution in [3.05, 3.63) is 397 Å². The predicted molar refractivity (Wildman–Crippen MR) is 460 cm³/mol. The average molecular weight is 2170 g/mol. The zero-order valence-corrected chi connectivity index (χ0v) is 75.7. The fraction of sp³-hybridized carbons (Fsp3) is 0.0722. The van der Waals surface area contributed by atoms with E-state index in [1.807, 2.05) is 218 Å². The summed E-state index contributed by atoms with van der Waals surface area (Å²) in [6, 6.07) is 122. The molecule has 0 N–H and O–H groups in total. The standard InChI is InChI=1S/6C16H13N2.CHCl3.6Ag/c6*1-12-15(13-8-4-2-5-9-13)17-18-16(12)14-10-6-3-7-11-14;2-1(3)4;;;;;;/h6*2-11H,1H3;1H;;;;;;/q6*-1;;6*+1. The van der Waals surface area contributed by atoms with Crippen molar-refractivity contribution in [2.24, 2.45) is 0 Å². The number of rotatable bonds is 12. The molecule has 18 aromatic rings. The van der Waals surface area contributed by atoms with Crippen LogP contribution in [0.2, 0.25) is 0 Å². The number of nitrogens with zero attached hydrogens (tertiary/aromatic N) is 12. The first-order valence-electron chi connectivity index (χ1n) is 36.5. The summed E-state index contributed by atoms with van der Waals surface area (Å²) in [6.07, 6.45) is 0. The number of aromatic nitrogens is 12. The molecule has 21 heteroatoms. The first-order valence-corrected chi connectivity index (χ1v) is 37.8. The summed E-state index contributed by atoms with van der Waals surface area (Å²) in [5, 5.41) is 51.7. The van der Waals surface area contributed by atoms with Crippen molar-refractivity contribution in [2.45, 2.75) is 45.8 Å². The van der Waals surface area contributed by atoms with E-state index in [-0.39, 0.29) is 134 Å². The molecule has 0 spiro atoms. The predicted octanol–water partition coefficient (Wildman–Crippen LogP) is 24.1. The normalized spacial score (nSPS) is 9.92. The van der Waals surface area contributed by atoms with Crippen LogP contribution in [0.4, 0.5) is 0 Å². The third kappa shape index (κ3) is 26.6. The van der Waals surface area contributed by atoms with Crippen LogP contribution in [-0.2, 0) is 134 Å². The molecular formula is C97H79Ag6Cl3N12. The van der Waals surface area contributed by atoms with Gasteiger partial charge in [-0.25, -0.2) is 0 Å². The number of benzene rings is 12. The van der Waals surface area contributed by atoms with Crippen molar-refractivity contribution in [3.8, 4) is 135 Å².